The van der Waals surface area contributed by atoms with Gasteiger partial charge in [-0.25, -0.2) is 15.0 Å². The molecular formula is C22H23N3O2. The third-order valence-corrected chi connectivity index (χ3v) is 4.61. The highest BCUT2D eigenvalue weighted by molar-refractivity contribution is 5.66. The molecule has 0 saturated carbocycles. The van der Waals surface area contributed by atoms with Gasteiger partial charge in [0, 0.05) is 36.1 Å². The van der Waals surface area contributed by atoms with Crippen molar-refractivity contribution in [3.05, 3.63) is 60.3 Å². The van der Waals surface area contributed by atoms with Crippen molar-refractivity contribution >= 4 is 0 Å². The van der Waals surface area contributed by atoms with Gasteiger partial charge in [-0.3, -0.25) is 0 Å². The molecule has 0 unspecified atom stereocenters. The Morgan fingerprint density at radius 1 is 1.04 bits per heavy atom. The molecule has 0 aliphatic carbocycles. The molecule has 1 aliphatic rings. The molecule has 0 fully saturated rings. The molecule has 0 saturated heterocycles. The first kappa shape index (κ1) is 17.5. The predicted molar refractivity (Wildman–Crippen MR) is 104 cm³/mol. The average molecular weight is 361 g/mol. The van der Waals surface area contributed by atoms with Crippen molar-refractivity contribution in [3.8, 4) is 28.5 Å². The highest BCUT2D eigenvalue weighted by Crippen LogP contribution is 2.41. The molecule has 2 aromatic heterocycles. The van der Waals surface area contributed by atoms with E-state index in [4.69, 9.17) is 9.47 Å². The topological polar surface area (TPSA) is 57.1 Å². The summed E-state index contributed by atoms with van der Waals surface area (Å²) in [6.45, 7) is 7.26. The van der Waals surface area contributed by atoms with E-state index in [1.54, 1.807) is 6.20 Å². The molecule has 0 bridgehead atoms. The van der Waals surface area contributed by atoms with Gasteiger partial charge in [0.25, 0.3) is 0 Å². The summed E-state index contributed by atoms with van der Waals surface area (Å²) in [5.74, 6) is 2.35. The van der Waals surface area contributed by atoms with Gasteiger partial charge >= 0.3 is 0 Å². The Morgan fingerprint density at radius 3 is 2.63 bits per heavy atom. The van der Waals surface area contributed by atoms with Crippen LogP contribution in [0.4, 0.5) is 0 Å². The Bertz CT molecular complexity index is 950. The number of fused-ring (bicyclic) bond motifs is 2. The molecular weight excluding hydrogens is 338 g/mol. The minimum Gasteiger partial charge on any atom is -0.477 e. The Hall–Kier alpha value is -2.95. The van der Waals surface area contributed by atoms with Crippen LogP contribution in [0.25, 0.3) is 11.1 Å². The van der Waals surface area contributed by atoms with Gasteiger partial charge in [0.05, 0.1) is 12.2 Å². The smallest absolute Gasteiger partial charge is 0.220 e. The number of ether oxygens (including phenoxy) is 2. The predicted octanol–water partition coefficient (Wildman–Crippen LogP) is 5.05. The molecule has 5 nitrogen and oxygen atoms in total. The van der Waals surface area contributed by atoms with E-state index in [-0.39, 0.29) is 5.41 Å². The summed E-state index contributed by atoms with van der Waals surface area (Å²) < 4.78 is 12.1. The summed E-state index contributed by atoms with van der Waals surface area (Å²) >= 11 is 0. The summed E-state index contributed by atoms with van der Waals surface area (Å²) in [6.07, 6.45) is 8.60. The largest absolute Gasteiger partial charge is 0.477 e. The number of hydrogen-bond donors (Lipinski definition) is 0. The van der Waals surface area contributed by atoms with Crippen molar-refractivity contribution in [2.24, 2.45) is 5.41 Å². The summed E-state index contributed by atoms with van der Waals surface area (Å²) in [4.78, 5) is 12.7. The van der Waals surface area contributed by atoms with E-state index in [1.807, 2.05) is 30.6 Å². The molecule has 27 heavy (non-hydrogen) atoms. The number of aromatic nitrogens is 3. The summed E-state index contributed by atoms with van der Waals surface area (Å²) in [6, 6.07) is 8.06. The van der Waals surface area contributed by atoms with Gasteiger partial charge in [0.2, 0.25) is 5.88 Å². The number of rotatable bonds is 4. The van der Waals surface area contributed by atoms with Crippen molar-refractivity contribution in [1.82, 2.24) is 15.0 Å². The average Bonchev–Trinajstić information content (AvgIpc) is 2.66. The van der Waals surface area contributed by atoms with Gasteiger partial charge in [-0.1, -0.05) is 26.8 Å². The molecule has 5 heteroatoms. The van der Waals surface area contributed by atoms with Crippen molar-refractivity contribution < 1.29 is 9.47 Å². The molecule has 0 atom stereocenters. The van der Waals surface area contributed by atoms with Crippen LogP contribution in [0.15, 0.2) is 49.2 Å². The van der Waals surface area contributed by atoms with E-state index in [0.29, 0.717) is 12.5 Å². The number of nitrogens with zero attached hydrogens (tertiary/aromatic N) is 3. The zero-order chi connectivity index (χ0) is 18.9. The van der Waals surface area contributed by atoms with E-state index in [1.165, 1.54) is 6.33 Å². The Labute approximate surface area is 159 Å². The zero-order valence-electron chi connectivity index (χ0n) is 15.9. The molecule has 0 radical (unpaired) electrons. The first-order chi connectivity index (χ1) is 13.0. The van der Waals surface area contributed by atoms with Crippen molar-refractivity contribution in [2.75, 3.05) is 6.61 Å². The van der Waals surface area contributed by atoms with Crippen LogP contribution in [0.2, 0.25) is 0 Å². The molecule has 0 N–H and O–H groups in total. The minimum atomic E-state index is 0.227. The van der Waals surface area contributed by atoms with Crippen molar-refractivity contribution in [2.45, 2.75) is 33.6 Å². The summed E-state index contributed by atoms with van der Waals surface area (Å²) in [7, 11) is 0. The van der Waals surface area contributed by atoms with Gasteiger partial charge < -0.3 is 9.47 Å². The van der Waals surface area contributed by atoms with Gasteiger partial charge in [0.1, 0.15) is 17.8 Å². The second kappa shape index (κ2) is 6.99. The second-order valence-electron chi connectivity index (χ2n) is 7.98. The lowest BCUT2D eigenvalue weighted by Gasteiger charge is -2.23. The first-order valence-electron chi connectivity index (χ1n) is 9.16. The van der Waals surface area contributed by atoms with Crippen LogP contribution in [0.3, 0.4) is 0 Å². The van der Waals surface area contributed by atoms with Crippen LogP contribution < -0.4 is 9.47 Å². The maximum absolute atomic E-state index is 6.10. The van der Waals surface area contributed by atoms with Crippen LogP contribution in [-0.4, -0.2) is 21.6 Å². The molecule has 1 aromatic carbocycles. The fraction of sp³-hybridized carbons (Fsp3) is 0.318. The van der Waals surface area contributed by atoms with E-state index in [9.17, 15) is 0 Å². The van der Waals surface area contributed by atoms with Gasteiger partial charge in [-0.05, 0) is 35.6 Å². The van der Waals surface area contributed by atoms with Gasteiger partial charge in [-0.15, -0.1) is 0 Å². The number of hydrogen-bond acceptors (Lipinski definition) is 5. The van der Waals surface area contributed by atoms with Crippen molar-refractivity contribution in [1.29, 1.82) is 0 Å². The lowest BCUT2D eigenvalue weighted by molar-refractivity contribution is 0.233. The first-order valence-corrected chi connectivity index (χ1v) is 9.16. The summed E-state index contributed by atoms with van der Waals surface area (Å²) in [5, 5.41) is 0. The quantitative estimate of drug-likeness (QED) is 0.509. The van der Waals surface area contributed by atoms with E-state index < -0.39 is 0 Å². The van der Waals surface area contributed by atoms with Crippen LogP contribution in [0.5, 0.6) is 17.4 Å². The Morgan fingerprint density at radius 2 is 1.85 bits per heavy atom. The number of benzene rings is 1. The van der Waals surface area contributed by atoms with Gasteiger partial charge in [0.15, 0.2) is 0 Å². The standard InChI is InChI=1S/C22H23N3O2/c1-22(2,3)7-9-26-21-18-11-16-10-15(17-12-23-14-24-13-17)4-5-19(16)27-20(18)6-8-25-21/h4-6,8,10,12-14H,7,9,11H2,1-3H3. The maximum atomic E-state index is 6.10. The van der Waals surface area contributed by atoms with E-state index in [2.05, 4.69) is 41.8 Å². The summed E-state index contributed by atoms with van der Waals surface area (Å²) in [5.41, 5.74) is 4.39. The highest BCUT2D eigenvalue weighted by atomic mass is 16.5. The minimum absolute atomic E-state index is 0.227. The lowest BCUT2D eigenvalue weighted by atomic mass is 9.93. The van der Waals surface area contributed by atoms with Crippen LogP contribution in [0.1, 0.15) is 38.3 Å². The second-order valence-corrected chi connectivity index (χ2v) is 7.98. The van der Waals surface area contributed by atoms with Crippen LogP contribution in [0, 0.1) is 5.41 Å². The molecule has 138 valence electrons. The molecule has 0 amide bonds. The molecule has 4 rings (SSSR count). The monoisotopic (exact) mass is 361 g/mol. The third kappa shape index (κ3) is 3.92. The van der Waals surface area contributed by atoms with Crippen molar-refractivity contribution in [3.63, 3.8) is 0 Å². The lowest BCUT2D eigenvalue weighted by Crippen LogP contribution is -2.13. The Balaban J connectivity index is 1.60. The van der Waals surface area contributed by atoms with Gasteiger partial charge in [-0.2, -0.15) is 0 Å². The van der Waals surface area contributed by atoms with E-state index in [0.717, 1.165) is 46.6 Å². The molecule has 3 aromatic rings. The third-order valence-electron chi connectivity index (χ3n) is 4.61. The normalized spacial score (nSPS) is 12.7. The van der Waals surface area contributed by atoms with Crippen LogP contribution in [-0.2, 0) is 6.42 Å². The Kier molecular flexibility index (Phi) is 4.52. The molecule has 3 heterocycles. The van der Waals surface area contributed by atoms with Crippen LogP contribution >= 0.6 is 0 Å². The maximum Gasteiger partial charge on any atom is 0.220 e. The fourth-order valence-electron chi connectivity index (χ4n) is 3.05. The molecule has 1 aliphatic heterocycles. The highest BCUT2D eigenvalue weighted by Gasteiger charge is 2.22. The van der Waals surface area contributed by atoms with E-state index >= 15 is 0 Å². The molecule has 0 spiro atoms. The zero-order valence-corrected chi connectivity index (χ0v) is 15.9. The SMILES string of the molecule is CC(C)(C)CCOc1nccc2c1Cc1cc(-c3cncnc3)ccc1O2. The fourth-order valence-corrected chi connectivity index (χ4v) is 3.05. The number of pyridine rings is 1.